The lowest BCUT2D eigenvalue weighted by atomic mass is 10.1. The minimum atomic E-state index is -0.262. The van der Waals surface area contributed by atoms with Crippen molar-refractivity contribution in [2.75, 3.05) is 22.1 Å². The Morgan fingerprint density at radius 2 is 1.74 bits per heavy atom. The Balaban J connectivity index is 1.53. The predicted molar refractivity (Wildman–Crippen MR) is 131 cm³/mol. The van der Waals surface area contributed by atoms with Crippen molar-refractivity contribution in [3.8, 4) is 0 Å². The van der Waals surface area contributed by atoms with E-state index in [1.54, 1.807) is 35.8 Å². The number of nitrogens with one attached hydrogen (secondary N) is 2. The molecule has 7 nitrogen and oxygen atoms in total. The van der Waals surface area contributed by atoms with Crippen LogP contribution in [0.3, 0.4) is 0 Å². The molecular weight excluding hydrogens is 431 g/mol. The van der Waals surface area contributed by atoms with E-state index in [9.17, 15) is 9.18 Å². The third-order valence-corrected chi connectivity index (χ3v) is 5.20. The second-order valence-electron chi connectivity index (χ2n) is 7.67. The van der Waals surface area contributed by atoms with Crippen LogP contribution in [0.4, 0.5) is 21.7 Å². The average Bonchev–Trinajstić information content (AvgIpc) is 2.88. The van der Waals surface area contributed by atoms with Gasteiger partial charge < -0.3 is 15.5 Å². The van der Waals surface area contributed by atoms with Crippen molar-refractivity contribution < 1.29 is 9.18 Å². The number of carbonyl (C=O) groups excluding carboxylic acids is 1. The second kappa shape index (κ2) is 11.5. The van der Waals surface area contributed by atoms with Crippen LogP contribution in [0.15, 0.2) is 85.5 Å². The van der Waals surface area contributed by atoms with Gasteiger partial charge in [-0.2, -0.15) is 0 Å². The smallest absolute Gasteiger partial charge is 0.214 e. The highest BCUT2D eigenvalue weighted by Crippen LogP contribution is 2.27. The minimum Gasteiger partial charge on any atom is -0.368 e. The maximum absolute atomic E-state index is 13.5. The monoisotopic (exact) mass is 456 g/mol. The van der Waals surface area contributed by atoms with E-state index in [0.717, 1.165) is 23.1 Å². The number of amides is 1. The molecule has 4 aromatic rings. The Morgan fingerprint density at radius 1 is 0.882 bits per heavy atom. The average molecular weight is 457 g/mol. The molecule has 3 heterocycles. The molecular formula is C26H25FN6O. The number of hydrogen-bond donors (Lipinski definition) is 2. The molecule has 0 aliphatic heterocycles. The zero-order valence-electron chi connectivity index (χ0n) is 18.6. The summed E-state index contributed by atoms with van der Waals surface area (Å²) in [5.41, 5.74) is 3.50. The normalized spacial score (nSPS) is 10.5. The maximum atomic E-state index is 13.5. The Hall–Kier alpha value is -4.33. The number of nitrogens with zero attached hydrogens (tertiary/aromatic N) is 4. The molecule has 0 spiro atoms. The summed E-state index contributed by atoms with van der Waals surface area (Å²) in [6, 6.07) is 17.8. The van der Waals surface area contributed by atoms with Gasteiger partial charge in [-0.05, 0) is 65.6 Å². The van der Waals surface area contributed by atoms with Gasteiger partial charge in [-0.15, -0.1) is 0 Å². The van der Waals surface area contributed by atoms with Gasteiger partial charge in [0.2, 0.25) is 6.41 Å². The van der Waals surface area contributed by atoms with Gasteiger partial charge in [-0.3, -0.25) is 14.8 Å². The first kappa shape index (κ1) is 22.8. The number of benzene rings is 1. The van der Waals surface area contributed by atoms with Gasteiger partial charge in [-0.25, -0.2) is 9.37 Å². The van der Waals surface area contributed by atoms with E-state index in [2.05, 4.69) is 20.6 Å². The fourth-order valence-electron chi connectivity index (χ4n) is 3.49. The molecule has 0 unspecified atom stereocenters. The molecule has 0 aliphatic carbocycles. The summed E-state index contributed by atoms with van der Waals surface area (Å²) in [6.45, 7) is 1.48. The molecule has 0 bridgehead atoms. The van der Waals surface area contributed by atoms with E-state index in [-0.39, 0.29) is 5.82 Å². The number of hydrogen-bond acceptors (Lipinski definition) is 6. The summed E-state index contributed by atoms with van der Waals surface area (Å²) in [6.07, 6.45) is 8.30. The molecule has 4 rings (SSSR count). The first-order chi connectivity index (χ1) is 16.7. The highest BCUT2D eigenvalue weighted by atomic mass is 19.1. The topological polar surface area (TPSA) is 83.0 Å². The van der Waals surface area contributed by atoms with Crippen molar-refractivity contribution in [3.05, 3.63) is 108 Å². The van der Waals surface area contributed by atoms with Crippen molar-refractivity contribution in [2.45, 2.75) is 19.5 Å². The van der Waals surface area contributed by atoms with E-state index in [0.29, 0.717) is 43.4 Å². The van der Waals surface area contributed by atoms with Gasteiger partial charge in [0, 0.05) is 37.9 Å². The van der Waals surface area contributed by atoms with E-state index >= 15 is 0 Å². The summed E-state index contributed by atoms with van der Waals surface area (Å²) in [4.78, 5) is 26.4. The van der Waals surface area contributed by atoms with Gasteiger partial charge in [-0.1, -0.05) is 18.2 Å². The molecule has 34 heavy (non-hydrogen) atoms. The second-order valence-corrected chi connectivity index (χ2v) is 7.67. The van der Waals surface area contributed by atoms with E-state index in [1.807, 2.05) is 42.5 Å². The number of anilines is 3. The van der Waals surface area contributed by atoms with Crippen LogP contribution in [0.5, 0.6) is 0 Å². The summed E-state index contributed by atoms with van der Waals surface area (Å²) in [7, 11) is 0. The maximum Gasteiger partial charge on any atom is 0.214 e. The fraction of sp³-hybridized carbons (Fsp3) is 0.154. The van der Waals surface area contributed by atoms with Crippen molar-refractivity contribution >= 4 is 23.7 Å². The standard InChI is InChI=1S/C26H25FN6O/c27-23-5-1-3-20(15-23)10-14-30-26-24(33(19-34)18-22-4-2-11-29-16-22)6-7-25(32-26)31-17-21-8-12-28-13-9-21/h1-9,11-13,15-16,19H,10,14,17-18H2,(H2,30,31,32). The molecule has 172 valence electrons. The Kier molecular flexibility index (Phi) is 7.74. The van der Waals surface area contributed by atoms with Crippen LogP contribution in [-0.2, 0) is 24.3 Å². The molecule has 0 saturated carbocycles. The highest BCUT2D eigenvalue weighted by molar-refractivity contribution is 5.82. The molecule has 0 radical (unpaired) electrons. The van der Waals surface area contributed by atoms with Crippen LogP contribution in [0.2, 0.25) is 0 Å². The van der Waals surface area contributed by atoms with Crippen LogP contribution >= 0.6 is 0 Å². The third-order valence-electron chi connectivity index (χ3n) is 5.20. The van der Waals surface area contributed by atoms with Crippen molar-refractivity contribution in [3.63, 3.8) is 0 Å². The molecule has 1 amide bonds. The van der Waals surface area contributed by atoms with Crippen molar-refractivity contribution in [2.24, 2.45) is 0 Å². The Bertz CT molecular complexity index is 1210. The summed E-state index contributed by atoms with van der Waals surface area (Å²) in [5.74, 6) is 0.968. The van der Waals surface area contributed by atoms with Gasteiger partial charge >= 0.3 is 0 Å². The minimum absolute atomic E-state index is 0.262. The van der Waals surface area contributed by atoms with Crippen LogP contribution < -0.4 is 15.5 Å². The molecule has 0 atom stereocenters. The van der Waals surface area contributed by atoms with Crippen LogP contribution in [0, 0.1) is 5.82 Å². The lowest BCUT2D eigenvalue weighted by Crippen LogP contribution is -2.23. The number of halogens is 1. The van der Waals surface area contributed by atoms with E-state index < -0.39 is 0 Å². The highest BCUT2D eigenvalue weighted by Gasteiger charge is 2.14. The predicted octanol–water partition coefficient (Wildman–Crippen LogP) is 4.44. The molecule has 0 aliphatic rings. The van der Waals surface area contributed by atoms with Gasteiger partial charge in [0.15, 0.2) is 5.82 Å². The van der Waals surface area contributed by atoms with Crippen LogP contribution in [-0.4, -0.2) is 27.9 Å². The third kappa shape index (κ3) is 6.35. The first-order valence-electron chi connectivity index (χ1n) is 10.9. The molecule has 1 aromatic carbocycles. The number of aromatic nitrogens is 3. The fourth-order valence-corrected chi connectivity index (χ4v) is 3.49. The summed E-state index contributed by atoms with van der Waals surface area (Å²) >= 11 is 0. The number of rotatable bonds is 11. The molecule has 2 N–H and O–H groups in total. The molecule has 3 aromatic heterocycles. The lowest BCUT2D eigenvalue weighted by Gasteiger charge is -2.22. The van der Waals surface area contributed by atoms with Crippen LogP contribution in [0.25, 0.3) is 0 Å². The summed E-state index contributed by atoms with van der Waals surface area (Å²) < 4.78 is 13.5. The lowest BCUT2D eigenvalue weighted by molar-refractivity contribution is -0.107. The SMILES string of the molecule is O=CN(Cc1cccnc1)c1ccc(NCc2ccncc2)nc1NCCc1cccc(F)c1. The zero-order chi connectivity index (χ0) is 23.6. The quantitative estimate of drug-likeness (QED) is 0.325. The Morgan fingerprint density at radius 3 is 2.50 bits per heavy atom. The summed E-state index contributed by atoms with van der Waals surface area (Å²) in [5, 5.41) is 6.63. The molecule has 8 heteroatoms. The number of carbonyl (C=O) groups is 1. The van der Waals surface area contributed by atoms with Crippen LogP contribution in [0.1, 0.15) is 16.7 Å². The van der Waals surface area contributed by atoms with Gasteiger partial charge in [0.1, 0.15) is 11.6 Å². The molecule has 0 saturated heterocycles. The Labute approximate surface area is 197 Å². The van der Waals surface area contributed by atoms with Gasteiger partial charge in [0.05, 0.1) is 12.2 Å². The number of pyridine rings is 3. The van der Waals surface area contributed by atoms with Crippen molar-refractivity contribution in [1.82, 2.24) is 15.0 Å². The zero-order valence-corrected chi connectivity index (χ0v) is 18.6. The molecule has 0 fully saturated rings. The van der Waals surface area contributed by atoms with Gasteiger partial charge in [0.25, 0.3) is 0 Å². The first-order valence-corrected chi connectivity index (χ1v) is 10.9. The largest absolute Gasteiger partial charge is 0.368 e. The van der Waals surface area contributed by atoms with E-state index in [4.69, 9.17) is 4.98 Å². The van der Waals surface area contributed by atoms with E-state index in [1.165, 1.54) is 12.1 Å². The van der Waals surface area contributed by atoms with Crippen molar-refractivity contribution in [1.29, 1.82) is 0 Å².